The van der Waals surface area contributed by atoms with Gasteiger partial charge in [0.05, 0.1) is 12.7 Å². The van der Waals surface area contributed by atoms with Gasteiger partial charge in [0.2, 0.25) is 0 Å². The number of rotatable bonds is 31. The monoisotopic (exact) mass is 971 g/mol. The van der Waals surface area contributed by atoms with Crippen molar-refractivity contribution in [2.75, 3.05) is 13.2 Å². The molecule has 6 unspecified atom stereocenters. The number of unbranched alkanes of at least 4 members (excludes halogenated alkanes) is 13. The standard InChI is InChI=1S/C66H98O5/c1-7-8-9-10-11-12-13-14-15-16-17-18-19-29-47-69-62(63(67)68)61(49-70-66(52-33-23-20-24-34-52,53-35-25-21-26-36-53)54-37-27-22-28-38-54)71-56-43-45-64(5)55(48-56)39-40-57-59-42-41-58(51(4)32-30-31-50(2)3)65(59,6)46-44-60(57)64/h20-28,33-39,50-51,56-62H,7-19,29-32,40-49H2,1-6H3,(H,67,68)/t51-,56?,57?,58-,59?,60?,61?,62?,64+,65-/m1/s1. The number of aliphatic carboxylic acids is 1. The van der Waals surface area contributed by atoms with Gasteiger partial charge in [0.15, 0.2) is 6.10 Å². The van der Waals surface area contributed by atoms with Crippen LogP contribution in [0.4, 0.5) is 0 Å². The minimum absolute atomic E-state index is 0.0588. The summed E-state index contributed by atoms with van der Waals surface area (Å²) in [4.78, 5) is 13.5. The molecule has 392 valence electrons. The Labute approximate surface area is 433 Å². The molecular weight excluding hydrogens is 873 g/mol. The summed E-state index contributed by atoms with van der Waals surface area (Å²) in [6.07, 6.45) is 32.0. The van der Waals surface area contributed by atoms with Crippen LogP contribution in [0.3, 0.4) is 0 Å². The number of hydrogen-bond donors (Lipinski definition) is 1. The highest BCUT2D eigenvalue weighted by molar-refractivity contribution is 5.73. The zero-order valence-electron chi connectivity index (χ0n) is 45.6. The minimum atomic E-state index is -1.16. The zero-order valence-corrected chi connectivity index (χ0v) is 45.6. The molecule has 3 aromatic carbocycles. The average molecular weight is 972 g/mol. The molecule has 0 aromatic heterocycles. The summed E-state index contributed by atoms with van der Waals surface area (Å²) in [5.74, 6) is 3.76. The van der Waals surface area contributed by atoms with E-state index in [0.717, 1.165) is 84.8 Å². The van der Waals surface area contributed by atoms with E-state index in [-0.39, 0.29) is 18.1 Å². The third-order valence-electron chi connectivity index (χ3n) is 19.0. The van der Waals surface area contributed by atoms with E-state index in [9.17, 15) is 9.90 Å². The smallest absolute Gasteiger partial charge is 0.335 e. The summed E-state index contributed by atoms with van der Waals surface area (Å²) >= 11 is 0. The summed E-state index contributed by atoms with van der Waals surface area (Å²) in [6, 6.07) is 31.2. The van der Waals surface area contributed by atoms with E-state index in [2.05, 4.69) is 120 Å². The number of benzene rings is 3. The highest BCUT2D eigenvalue weighted by atomic mass is 16.6. The Morgan fingerprint density at radius 2 is 1.21 bits per heavy atom. The second kappa shape index (κ2) is 27.3. The Morgan fingerprint density at radius 1 is 0.662 bits per heavy atom. The topological polar surface area (TPSA) is 65.0 Å². The van der Waals surface area contributed by atoms with Crippen LogP contribution in [0.15, 0.2) is 103 Å². The summed E-state index contributed by atoms with van der Waals surface area (Å²) in [5.41, 5.74) is 4.13. The lowest BCUT2D eigenvalue weighted by Crippen LogP contribution is -2.52. The minimum Gasteiger partial charge on any atom is -0.479 e. The summed E-state index contributed by atoms with van der Waals surface area (Å²) < 4.78 is 21.1. The quantitative estimate of drug-likeness (QED) is 0.0395. The van der Waals surface area contributed by atoms with Gasteiger partial charge in [0, 0.05) is 6.61 Å². The Balaban J connectivity index is 1.04. The molecule has 0 amide bonds. The molecule has 71 heavy (non-hydrogen) atoms. The lowest BCUT2D eigenvalue weighted by Gasteiger charge is -2.58. The molecular formula is C66H98O5. The fourth-order valence-electron chi connectivity index (χ4n) is 15.0. The van der Waals surface area contributed by atoms with Crippen LogP contribution in [-0.2, 0) is 24.6 Å². The number of ether oxygens (including phenoxy) is 3. The maximum atomic E-state index is 13.5. The molecule has 3 fully saturated rings. The van der Waals surface area contributed by atoms with Crippen molar-refractivity contribution < 1.29 is 24.1 Å². The second-order valence-corrected chi connectivity index (χ2v) is 24.1. The number of carboxylic acids is 1. The lowest BCUT2D eigenvalue weighted by atomic mass is 9.47. The maximum absolute atomic E-state index is 13.5. The lowest BCUT2D eigenvalue weighted by molar-refractivity contribution is -0.181. The SMILES string of the molecule is CCCCCCCCCCCCCCCCOC(C(=O)O)C(COC(c1ccccc1)(c1ccccc1)c1ccccc1)OC1CC[C@@]2(C)C(=CCC3C2CC[C@@]2(C)C3CC[C@@H]2[C@H](C)CCCC(C)C)C1. The average Bonchev–Trinajstić information content (AvgIpc) is 3.74. The molecule has 4 aliphatic rings. The van der Waals surface area contributed by atoms with Gasteiger partial charge in [0.25, 0.3) is 0 Å². The summed E-state index contributed by atoms with van der Waals surface area (Å²) in [5, 5.41) is 11.1. The molecule has 1 N–H and O–H groups in total. The highest BCUT2D eigenvalue weighted by Crippen LogP contribution is 2.67. The van der Waals surface area contributed by atoms with Crippen LogP contribution < -0.4 is 0 Å². The van der Waals surface area contributed by atoms with Crippen LogP contribution in [0.5, 0.6) is 0 Å². The molecule has 0 aliphatic heterocycles. The third kappa shape index (κ3) is 13.9. The van der Waals surface area contributed by atoms with E-state index in [1.807, 2.05) is 18.2 Å². The first-order valence-electron chi connectivity index (χ1n) is 29.5. The van der Waals surface area contributed by atoms with Crippen molar-refractivity contribution >= 4 is 5.97 Å². The second-order valence-electron chi connectivity index (χ2n) is 24.1. The molecule has 0 radical (unpaired) electrons. The Bertz CT molecular complexity index is 1920. The molecule has 3 saturated carbocycles. The van der Waals surface area contributed by atoms with Crippen molar-refractivity contribution in [3.05, 3.63) is 119 Å². The van der Waals surface area contributed by atoms with E-state index < -0.39 is 23.8 Å². The molecule has 0 saturated heterocycles. The third-order valence-corrected chi connectivity index (χ3v) is 19.0. The fourth-order valence-corrected chi connectivity index (χ4v) is 15.0. The van der Waals surface area contributed by atoms with Gasteiger partial charge in [-0.1, -0.05) is 247 Å². The van der Waals surface area contributed by atoms with Crippen LogP contribution in [0, 0.1) is 46.3 Å². The van der Waals surface area contributed by atoms with Crippen LogP contribution in [-0.4, -0.2) is 42.6 Å². The van der Waals surface area contributed by atoms with Crippen molar-refractivity contribution in [1.29, 1.82) is 0 Å². The van der Waals surface area contributed by atoms with Crippen LogP contribution >= 0.6 is 0 Å². The predicted octanol–water partition coefficient (Wildman–Crippen LogP) is 17.7. The van der Waals surface area contributed by atoms with E-state index in [1.54, 1.807) is 5.57 Å². The molecule has 0 heterocycles. The van der Waals surface area contributed by atoms with Crippen LogP contribution in [0.2, 0.25) is 0 Å². The fraction of sp³-hybridized carbons (Fsp3) is 0.682. The first-order valence-corrected chi connectivity index (χ1v) is 29.5. The van der Waals surface area contributed by atoms with E-state index in [4.69, 9.17) is 14.2 Å². The number of fused-ring (bicyclic) bond motifs is 5. The number of allylic oxidation sites excluding steroid dienone is 1. The van der Waals surface area contributed by atoms with Gasteiger partial charge >= 0.3 is 5.97 Å². The molecule has 0 bridgehead atoms. The molecule has 5 nitrogen and oxygen atoms in total. The van der Waals surface area contributed by atoms with Gasteiger partial charge < -0.3 is 19.3 Å². The van der Waals surface area contributed by atoms with E-state index in [0.29, 0.717) is 17.9 Å². The Hall–Kier alpha value is -3.25. The largest absolute Gasteiger partial charge is 0.479 e. The van der Waals surface area contributed by atoms with Gasteiger partial charge in [-0.25, -0.2) is 4.79 Å². The van der Waals surface area contributed by atoms with Gasteiger partial charge in [-0.05, 0) is 121 Å². The molecule has 10 atom stereocenters. The first kappa shape index (κ1) is 55.5. The number of carbonyl (C=O) groups is 1. The summed E-state index contributed by atoms with van der Waals surface area (Å²) in [6.45, 7) is 15.3. The molecule has 5 heteroatoms. The number of hydrogen-bond acceptors (Lipinski definition) is 4. The van der Waals surface area contributed by atoms with Crippen molar-refractivity contribution in [1.82, 2.24) is 0 Å². The van der Waals surface area contributed by atoms with Crippen LogP contribution in [0.1, 0.15) is 219 Å². The highest BCUT2D eigenvalue weighted by Gasteiger charge is 2.59. The van der Waals surface area contributed by atoms with Gasteiger partial charge in [-0.15, -0.1) is 0 Å². The Kier molecular flexibility index (Phi) is 21.4. The maximum Gasteiger partial charge on any atom is 0.335 e. The zero-order chi connectivity index (χ0) is 50.1. The van der Waals surface area contributed by atoms with Crippen molar-refractivity contribution in [2.24, 2.45) is 46.3 Å². The first-order chi connectivity index (χ1) is 34.5. The van der Waals surface area contributed by atoms with Gasteiger partial charge in [-0.2, -0.15) is 0 Å². The number of carboxylic acid groups (broad SMARTS) is 1. The van der Waals surface area contributed by atoms with Crippen molar-refractivity contribution in [3.8, 4) is 0 Å². The molecule has 4 aliphatic carbocycles. The Morgan fingerprint density at radius 3 is 1.75 bits per heavy atom. The van der Waals surface area contributed by atoms with Crippen LogP contribution in [0.25, 0.3) is 0 Å². The molecule has 7 rings (SSSR count). The summed E-state index contributed by atoms with van der Waals surface area (Å²) in [7, 11) is 0. The van der Waals surface area contributed by atoms with E-state index in [1.165, 1.54) is 122 Å². The predicted molar refractivity (Wildman–Crippen MR) is 295 cm³/mol. The molecule has 3 aromatic rings. The van der Waals surface area contributed by atoms with Gasteiger partial charge in [0.1, 0.15) is 11.7 Å². The molecule has 0 spiro atoms. The normalized spacial score (nSPS) is 26.5. The van der Waals surface area contributed by atoms with Crippen molar-refractivity contribution in [3.63, 3.8) is 0 Å². The van der Waals surface area contributed by atoms with Crippen molar-refractivity contribution in [2.45, 2.75) is 226 Å². The van der Waals surface area contributed by atoms with E-state index >= 15 is 0 Å². The van der Waals surface area contributed by atoms with Gasteiger partial charge in [-0.3, -0.25) is 0 Å².